The van der Waals surface area contributed by atoms with Crippen LogP contribution in [-0.2, 0) is 16.6 Å². The van der Waals surface area contributed by atoms with E-state index in [4.69, 9.17) is 5.11 Å². The van der Waals surface area contributed by atoms with Gasteiger partial charge in [0.25, 0.3) is 0 Å². The van der Waals surface area contributed by atoms with Gasteiger partial charge in [-0.1, -0.05) is 30.0 Å². The van der Waals surface area contributed by atoms with E-state index in [0.717, 1.165) is 24.0 Å². The van der Waals surface area contributed by atoms with Crippen LogP contribution in [0.4, 0.5) is 0 Å². The van der Waals surface area contributed by atoms with Gasteiger partial charge in [-0.3, -0.25) is 0 Å². The van der Waals surface area contributed by atoms with Crippen LogP contribution in [0.1, 0.15) is 30.4 Å². The molecule has 1 fully saturated rings. The minimum absolute atomic E-state index is 0.0329. The molecule has 5 heteroatoms. The minimum atomic E-state index is -3.16. The van der Waals surface area contributed by atoms with Crippen LogP contribution in [0.3, 0.4) is 0 Å². The Hall–Kier alpha value is -1.35. The Kier molecular flexibility index (Phi) is 4.81. The van der Waals surface area contributed by atoms with Crippen molar-refractivity contribution in [3.05, 3.63) is 35.4 Å². The van der Waals surface area contributed by atoms with Crippen molar-refractivity contribution < 1.29 is 13.5 Å². The first-order valence-corrected chi connectivity index (χ1v) is 8.19. The van der Waals surface area contributed by atoms with Crippen LogP contribution < -0.4 is 0 Å². The predicted octanol–water partition coefficient (Wildman–Crippen LogP) is 1.34. The lowest BCUT2D eigenvalue weighted by molar-refractivity contribution is 0.305. The lowest BCUT2D eigenvalue weighted by atomic mass is 10.1. The number of sulfonamides is 1. The third kappa shape index (κ3) is 3.60. The number of benzene rings is 1. The van der Waals surface area contributed by atoms with Crippen molar-refractivity contribution in [1.29, 1.82) is 0 Å². The van der Waals surface area contributed by atoms with Gasteiger partial charge in [-0.15, -0.1) is 0 Å². The van der Waals surface area contributed by atoms with Crippen LogP contribution in [0.25, 0.3) is 0 Å². The number of hydrogen-bond acceptors (Lipinski definition) is 3. The van der Waals surface area contributed by atoms with E-state index in [2.05, 4.69) is 11.8 Å². The molecule has 2 rings (SSSR count). The van der Waals surface area contributed by atoms with E-state index < -0.39 is 10.0 Å². The lowest BCUT2D eigenvalue weighted by Crippen LogP contribution is -2.29. The van der Waals surface area contributed by atoms with Gasteiger partial charge >= 0.3 is 0 Å². The average Bonchev–Trinajstić information content (AvgIpc) is 3.25. The van der Waals surface area contributed by atoms with Crippen LogP contribution in [0.5, 0.6) is 0 Å². The summed E-state index contributed by atoms with van der Waals surface area (Å²) in [4.78, 5) is 0. The molecule has 0 heterocycles. The highest BCUT2D eigenvalue weighted by Gasteiger charge is 2.38. The Balaban J connectivity index is 2.15. The second-order valence-electron chi connectivity index (χ2n) is 4.93. The Morgan fingerprint density at radius 1 is 1.35 bits per heavy atom. The second kappa shape index (κ2) is 6.40. The van der Waals surface area contributed by atoms with Crippen molar-refractivity contribution in [2.45, 2.75) is 31.1 Å². The minimum Gasteiger partial charge on any atom is -0.395 e. The van der Waals surface area contributed by atoms with E-state index in [1.807, 2.05) is 24.3 Å². The van der Waals surface area contributed by atoms with Crippen molar-refractivity contribution in [3.8, 4) is 11.8 Å². The van der Waals surface area contributed by atoms with Crippen LogP contribution in [0.15, 0.2) is 24.3 Å². The highest BCUT2D eigenvalue weighted by Crippen LogP contribution is 2.31. The summed E-state index contributed by atoms with van der Waals surface area (Å²) in [6.45, 7) is 0.369. The number of rotatable bonds is 5. The smallest absolute Gasteiger partial charge is 0.217 e. The molecule has 0 atom stereocenters. The third-order valence-corrected chi connectivity index (χ3v) is 5.56. The molecule has 0 saturated heterocycles. The zero-order valence-electron chi connectivity index (χ0n) is 11.5. The van der Waals surface area contributed by atoms with E-state index in [1.165, 1.54) is 4.31 Å². The fraction of sp³-hybridized carbons (Fsp3) is 0.467. The fourth-order valence-corrected chi connectivity index (χ4v) is 3.50. The van der Waals surface area contributed by atoms with Gasteiger partial charge in [0.15, 0.2) is 0 Å². The summed E-state index contributed by atoms with van der Waals surface area (Å²) in [5.74, 6) is 5.86. The van der Waals surface area contributed by atoms with Crippen LogP contribution in [0, 0.1) is 11.8 Å². The largest absolute Gasteiger partial charge is 0.395 e. The maximum absolute atomic E-state index is 12.1. The monoisotopic (exact) mass is 293 g/mol. The molecule has 1 aromatic rings. The molecule has 0 aliphatic heterocycles. The normalized spacial score (nSPS) is 14.9. The lowest BCUT2D eigenvalue weighted by Gasteiger charge is -2.17. The second-order valence-corrected chi connectivity index (χ2v) is 7.25. The van der Waals surface area contributed by atoms with Crippen molar-refractivity contribution >= 4 is 10.0 Å². The number of aliphatic hydroxyl groups excluding tert-OH is 1. The maximum atomic E-state index is 12.1. The Morgan fingerprint density at radius 3 is 2.70 bits per heavy atom. The molecule has 0 spiro atoms. The van der Waals surface area contributed by atoms with Gasteiger partial charge in [0.1, 0.15) is 0 Å². The van der Waals surface area contributed by atoms with E-state index in [0.29, 0.717) is 13.0 Å². The van der Waals surface area contributed by atoms with E-state index in [1.54, 1.807) is 7.05 Å². The van der Waals surface area contributed by atoms with Gasteiger partial charge in [0.2, 0.25) is 10.0 Å². The summed E-state index contributed by atoms with van der Waals surface area (Å²) in [7, 11) is -1.54. The fourth-order valence-electron chi connectivity index (χ4n) is 1.94. The van der Waals surface area contributed by atoms with Crippen molar-refractivity contribution in [3.63, 3.8) is 0 Å². The molecule has 0 bridgehead atoms. The number of aliphatic hydroxyl groups is 1. The van der Waals surface area contributed by atoms with Gasteiger partial charge in [0, 0.05) is 25.6 Å². The van der Waals surface area contributed by atoms with Gasteiger partial charge in [-0.05, 0) is 24.5 Å². The molecule has 1 N–H and O–H groups in total. The molecule has 1 aliphatic rings. The summed E-state index contributed by atoms with van der Waals surface area (Å²) >= 11 is 0. The molecule has 108 valence electrons. The maximum Gasteiger partial charge on any atom is 0.217 e. The van der Waals surface area contributed by atoms with Crippen LogP contribution in [0.2, 0.25) is 0 Å². The molecule has 1 aromatic carbocycles. The van der Waals surface area contributed by atoms with Crippen molar-refractivity contribution in [2.24, 2.45) is 0 Å². The predicted molar refractivity (Wildman–Crippen MR) is 78.4 cm³/mol. The first kappa shape index (κ1) is 15.0. The first-order chi connectivity index (χ1) is 9.55. The molecule has 1 saturated carbocycles. The summed E-state index contributed by atoms with van der Waals surface area (Å²) in [6, 6.07) is 7.52. The summed E-state index contributed by atoms with van der Waals surface area (Å²) < 4.78 is 25.7. The zero-order valence-corrected chi connectivity index (χ0v) is 12.4. The highest BCUT2D eigenvalue weighted by molar-refractivity contribution is 7.90. The summed E-state index contributed by atoms with van der Waals surface area (Å²) in [5.41, 5.74) is 1.71. The number of nitrogens with zero attached hydrogens (tertiary/aromatic N) is 1. The number of hydrogen-bond donors (Lipinski definition) is 1. The van der Waals surface area contributed by atoms with E-state index in [-0.39, 0.29) is 11.9 Å². The molecular weight excluding hydrogens is 274 g/mol. The van der Waals surface area contributed by atoms with Gasteiger partial charge in [0.05, 0.1) is 11.9 Å². The highest BCUT2D eigenvalue weighted by atomic mass is 32.2. The molecule has 0 amide bonds. The Morgan fingerprint density at radius 2 is 2.05 bits per heavy atom. The quantitative estimate of drug-likeness (QED) is 0.834. The topological polar surface area (TPSA) is 57.6 Å². The molecule has 0 aromatic heterocycles. The van der Waals surface area contributed by atoms with Gasteiger partial charge in [-0.25, -0.2) is 12.7 Å². The summed E-state index contributed by atoms with van der Waals surface area (Å²) in [6.07, 6.45) is 1.96. The molecule has 20 heavy (non-hydrogen) atoms. The molecule has 1 aliphatic carbocycles. The Bertz CT molecular complexity index is 624. The molecule has 0 radical (unpaired) electrons. The van der Waals surface area contributed by atoms with Crippen molar-refractivity contribution in [1.82, 2.24) is 4.31 Å². The summed E-state index contributed by atoms with van der Waals surface area (Å²) in [5, 5.41) is 8.55. The third-order valence-electron chi connectivity index (χ3n) is 3.25. The molecule has 4 nitrogen and oxygen atoms in total. The van der Waals surface area contributed by atoms with E-state index in [9.17, 15) is 8.42 Å². The molecular formula is C15H19NO3S. The van der Waals surface area contributed by atoms with Gasteiger partial charge < -0.3 is 5.11 Å². The SMILES string of the molecule is CN(Cc1ccccc1C#CCCO)S(=O)(=O)C1CC1. The van der Waals surface area contributed by atoms with Crippen molar-refractivity contribution in [2.75, 3.05) is 13.7 Å². The Labute approximate surface area is 120 Å². The van der Waals surface area contributed by atoms with Crippen LogP contribution >= 0.6 is 0 Å². The zero-order chi connectivity index (χ0) is 14.6. The molecule has 0 unspecified atom stereocenters. The van der Waals surface area contributed by atoms with Crippen LogP contribution in [-0.4, -0.2) is 36.7 Å². The van der Waals surface area contributed by atoms with Gasteiger partial charge in [-0.2, -0.15) is 0 Å². The average molecular weight is 293 g/mol. The standard InChI is InChI=1S/C15H19NO3S/c1-16(20(18,19)15-9-10-15)12-14-8-3-2-6-13(14)7-4-5-11-17/h2-3,6,8,15,17H,5,9-12H2,1H3. The van der Waals surface area contributed by atoms with E-state index >= 15 is 0 Å². The first-order valence-electron chi connectivity index (χ1n) is 6.68.